The van der Waals surface area contributed by atoms with Crippen molar-refractivity contribution in [1.82, 2.24) is 20.1 Å². The monoisotopic (exact) mass is 333 g/mol. The van der Waals surface area contributed by atoms with E-state index < -0.39 is 0 Å². The molecular formula is C19H19N5O. The number of anilines is 1. The van der Waals surface area contributed by atoms with Gasteiger partial charge in [0.15, 0.2) is 5.82 Å². The van der Waals surface area contributed by atoms with Gasteiger partial charge >= 0.3 is 6.03 Å². The van der Waals surface area contributed by atoms with E-state index in [0.717, 1.165) is 18.5 Å². The number of pyridine rings is 1. The maximum atomic E-state index is 12.3. The van der Waals surface area contributed by atoms with E-state index in [9.17, 15) is 4.79 Å². The largest absolute Gasteiger partial charge is 0.331 e. The van der Waals surface area contributed by atoms with Gasteiger partial charge in [0, 0.05) is 18.5 Å². The van der Waals surface area contributed by atoms with Crippen LogP contribution in [0.15, 0.2) is 60.9 Å². The summed E-state index contributed by atoms with van der Waals surface area (Å²) in [6.07, 6.45) is 5.51. The third-order valence-corrected chi connectivity index (χ3v) is 4.37. The number of aryl methyl sites for hydroxylation is 1. The summed E-state index contributed by atoms with van der Waals surface area (Å²) in [4.78, 5) is 16.5. The molecule has 0 spiro atoms. The SMILES string of the molecule is O=C(Nc1ccn(Cc2ccccn2)n1)NC1CCc2ccccc21. The zero-order chi connectivity index (χ0) is 17.1. The Kier molecular flexibility index (Phi) is 4.16. The molecule has 0 radical (unpaired) electrons. The number of amides is 2. The Hall–Kier alpha value is -3.15. The second-order valence-electron chi connectivity index (χ2n) is 6.11. The van der Waals surface area contributed by atoms with E-state index in [4.69, 9.17) is 0 Å². The molecule has 6 nitrogen and oxygen atoms in total. The van der Waals surface area contributed by atoms with E-state index in [1.807, 2.05) is 36.5 Å². The molecule has 1 atom stereocenters. The number of hydrogen-bond acceptors (Lipinski definition) is 3. The first-order valence-corrected chi connectivity index (χ1v) is 8.36. The molecule has 126 valence electrons. The van der Waals surface area contributed by atoms with Crippen molar-refractivity contribution in [3.05, 3.63) is 77.7 Å². The summed E-state index contributed by atoms with van der Waals surface area (Å²) in [6, 6.07) is 15.6. The van der Waals surface area contributed by atoms with Crippen LogP contribution < -0.4 is 10.6 Å². The predicted octanol–water partition coefficient (Wildman–Crippen LogP) is 3.14. The van der Waals surface area contributed by atoms with Crippen molar-refractivity contribution in [2.24, 2.45) is 0 Å². The third-order valence-electron chi connectivity index (χ3n) is 4.37. The number of fused-ring (bicyclic) bond motifs is 1. The Morgan fingerprint density at radius 2 is 2.04 bits per heavy atom. The molecule has 1 unspecified atom stereocenters. The molecule has 3 aromatic rings. The maximum Gasteiger partial charge on any atom is 0.320 e. The van der Waals surface area contributed by atoms with Crippen LogP contribution in [0.1, 0.15) is 29.3 Å². The van der Waals surface area contributed by atoms with Crippen molar-refractivity contribution >= 4 is 11.8 Å². The van der Waals surface area contributed by atoms with Crippen LogP contribution in [0.5, 0.6) is 0 Å². The van der Waals surface area contributed by atoms with E-state index in [2.05, 4.69) is 32.8 Å². The van der Waals surface area contributed by atoms with Gasteiger partial charge in [0.05, 0.1) is 18.3 Å². The summed E-state index contributed by atoms with van der Waals surface area (Å²) in [6.45, 7) is 0.570. The normalized spacial score (nSPS) is 15.6. The van der Waals surface area contributed by atoms with Crippen LogP contribution in [-0.4, -0.2) is 20.8 Å². The number of hydrogen-bond donors (Lipinski definition) is 2. The standard InChI is InChI=1S/C19H19N5O/c25-19(21-17-9-8-14-5-1-2-7-16(14)17)22-18-10-12-24(23-18)13-15-6-3-4-11-20-15/h1-7,10-12,17H,8-9,13H2,(H2,21,22,23,25). The Labute approximate surface area is 145 Å². The van der Waals surface area contributed by atoms with Crippen LogP contribution in [0, 0.1) is 0 Å². The molecule has 4 rings (SSSR count). The van der Waals surface area contributed by atoms with E-state index in [1.54, 1.807) is 16.9 Å². The van der Waals surface area contributed by atoms with E-state index in [1.165, 1.54) is 11.1 Å². The highest BCUT2D eigenvalue weighted by atomic mass is 16.2. The first-order valence-electron chi connectivity index (χ1n) is 8.36. The molecule has 2 aromatic heterocycles. The Balaban J connectivity index is 1.36. The summed E-state index contributed by atoms with van der Waals surface area (Å²) >= 11 is 0. The number of benzene rings is 1. The minimum atomic E-state index is -0.232. The smallest absolute Gasteiger partial charge is 0.320 e. The Bertz CT molecular complexity index is 874. The Morgan fingerprint density at radius 3 is 2.92 bits per heavy atom. The van der Waals surface area contributed by atoms with Crippen LogP contribution in [0.3, 0.4) is 0 Å². The van der Waals surface area contributed by atoms with Crippen molar-refractivity contribution < 1.29 is 4.79 Å². The number of nitrogens with zero attached hydrogens (tertiary/aromatic N) is 3. The average molecular weight is 333 g/mol. The lowest BCUT2D eigenvalue weighted by molar-refractivity contribution is 0.248. The number of aromatic nitrogens is 3. The number of nitrogens with one attached hydrogen (secondary N) is 2. The molecule has 2 N–H and O–H groups in total. The van der Waals surface area contributed by atoms with Crippen molar-refractivity contribution in [1.29, 1.82) is 0 Å². The lowest BCUT2D eigenvalue weighted by atomic mass is 10.1. The summed E-state index contributed by atoms with van der Waals surface area (Å²) < 4.78 is 1.75. The molecule has 0 aliphatic heterocycles. The quantitative estimate of drug-likeness (QED) is 0.770. The van der Waals surface area contributed by atoms with Crippen LogP contribution in [0.2, 0.25) is 0 Å². The van der Waals surface area contributed by atoms with E-state index in [0.29, 0.717) is 12.4 Å². The molecule has 0 saturated heterocycles. The molecule has 0 fully saturated rings. The van der Waals surface area contributed by atoms with Crippen LogP contribution in [0.25, 0.3) is 0 Å². The van der Waals surface area contributed by atoms with Gasteiger partial charge in [0.1, 0.15) is 0 Å². The minimum Gasteiger partial charge on any atom is -0.331 e. The molecule has 2 amide bonds. The molecule has 0 bridgehead atoms. The molecule has 25 heavy (non-hydrogen) atoms. The zero-order valence-corrected chi connectivity index (χ0v) is 13.7. The minimum absolute atomic E-state index is 0.0619. The topological polar surface area (TPSA) is 71.8 Å². The lowest BCUT2D eigenvalue weighted by Gasteiger charge is -2.14. The van der Waals surface area contributed by atoms with Gasteiger partial charge in [0.25, 0.3) is 0 Å². The van der Waals surface area contributed by atoms with Gasteiger partial charge in [0.2, 0.25) is 0 Å². The first-order chi connectivity index (χ1) is 12.3. The van der Waals surface area contributed by atoms with Crippen molar-refractivity contribution in [3.8, 4) is 0 Å². The van der Waals surface area contributed by atoms with Crippen LogP contribution in [-0.2, 0) is 13.0 Å². The molecule has 6 heteroatoms. The fourth-order valence-electron chi connectivity index (χ4n) is 3.19. The predicted molar refractivity (Wildman–Crippen MR) is 95.2 cm³/mol. The number of urea groups is 1. The molecule has 1 aliphatic rings. The highest BCUT2D eigenvalue weighted by molar-refractivity contribution is 5.88. The van der Waals surface area contributed by atoms with Crippen molar-refractivity contribution in [2.75, 3.05) is 5.32 Å². The van der Waals surface area contributed by atoms with Crippen molar-refractivity contribution in [2.45, 2.75) is 25.4 Å². The second-order valence-corrected chi connectivity index (χ2v) is 6.11. The Morgan fingerprint density at radius 1 is 1.16 bits per heavy atom. The third kappa shape index (κ3) is 3.52. The van der Waals surface area contributed by atoms with Gasteiger partial charge in [-0.1, -0.05) is 30.3 Å². The molecule has 1 aliphatic carbocycles. The molecule has 0 saturated carbocycles. The number of carbonyl (C=O) groups excluding carboxylic acids is 1. The highest BCUT2D eigenvalue weighted by Gasteiger charge is 2.23. The zero-order valence-electron chi connectivity index (χ0n) is 13.7. The lowest BCUT2D eigenvalue weighted by Crippen LogP contribution is -2.31. The number of rotatable bonds is 4. The molecular weight excluding hydrogens is 314 g/mol. The van der Waals surface area contributed by atoms with Gasteiger partial charge in [-0.05, 0) is 36.1 Å². The van der Waals surface area contributed by atoms with Gasteiger partial charge < -0.3 is 5.32 Å². The van der Waals surface area contributed by atoms with Gasteiger partial charge in [-0.15, -0.1) is 0 Å². The summed E-state index contributed by atoms with van der Waals surface area (Å²) in [5, 5.41) is 10.2. The van der Waals surface area contributed by atoms with Gasteiger partial charge in [-0.2, -0.15) is 5.10 Å². The van der Waals surface area contributed by atoms with E-state index in [-0.39, 0.29) is 12.1 Å². The van der Waals surface area contributed by atoms with E-state index >= 15 is 0 Å². The first kappa shape index (κ1) is 15.4. The molecule has 1 aromatic carbocycles. The maximum absolute atomic E-state index is 12.3. The van der Waals surface area contributed by atoms with Crippen molar-refractivity contribution in [3.63, 3.8) is 0 Å². The average Bonchev–Trinajstić information content (AvgIpc) is 3.23. The number of carbonyl (C=O) groups is 1. The second kappa shape index (κ2) is 6.76. The van der Waals surface area contributed by atoms with Crippen LogP contribution in [0.4, 0.5) is 10.6 Å². The summed E-state index contributed by atoms with van der Waals surface area (Å²) in [5.74, 6) is 0.528. The fraction of sp³-hybridized carbons (Fsp3) is 0.211. The summed E-state index contributed by atoms with van der Waals surface area (Å²) in [7, 11) is 0. The highest BCUT2D eigenvalue weighted by Crippen LogP contribution is 2.30. The van der Waals surface area contributed by atoms with Crippen LogP contribution >= 0.6 is 0 Å². The van der Waals surface area contributed by atoms with Gasteiger partial charge in [-0.25, -0.2) is 4.79 Å². The molecule has 2 heterocycles. The summed E-state index contributed by atoms with van der Waals surface area (Å²) in [5.41, 5.74) is 3.44. The van der Waals surface area contributed by atoms with Gasteiger partial charge in [-0.3, -0.25) is 15.0 Å². The fourth-order valence-corrected chi connectivity index (χ4v) is 3.19.